The third-order valence-electron chi connectivity index (χ3n) is 1.21. The Labute approximate surface area is 83.8 Å². The van der Waals surface area contributed by atoms with Gasteiger partial charge in [0.15, 0.2) is 0 Å². The van der Waals surface area contributed by atoms with Crippen molar-refractivity contribution in [1.29, 1.82) is 0 Å². The number of allylic oxidation sites excluding steroid dienone is 1. The first-order valence-corrected chi connectivity index (χ1v) is 4.22. The molecule has 0 amide bonds. The predicted molar refractivity (Wildman–Crippen MR) is 53.9 cm³/mol. The lowest BCUT2D eigenvalue weighted by molar-refractivity contribution is -0.146. The fourth-order valence-electron chi connectivity index (χ4n) is 0.642. The molecule has 0 heterocycles. The van der Waals surface area contributed by atoms with Crippen LogP contribution in [0.2, 0.25) is 0 Å². The summed E-state index contributed by atoms with van der Waals surface area (Å²) in [6.45, 7) is 11.0. The van der Waals surface area contributed by atoms with Gasteiger partial charge in [-0.3, -0.25) is 0 Å². The van der Waals surface area contributed by atoms with Gasteiger partial charge in [-0.25, -0.2) is 4.79 Å². The maximum atomic E-state index is 11.1. The van der Waals surface area contributed by atoms with E-state index >= 15 is 0 Å². The maximum absolute atomic E-state index is 11.1. The van der Waals surface area contributed by atoms with Gasteiger partial charge >= 0.3 is 5.97 Å². The minimum atomic E-state index is -0.566. The van der Waals surface area contributed by atoms with Crippen LogP contribution in [0, 0.1) is 0 Å². The molecule has 0 spiro atoms. The van der Waals surface area contributed by atoms with Crippen LogP contribution in [0.1, 0.15) is 13.8 Å². The average Bonchev–Trinajstić information content (AvgIpc) is 2.15. The van der Waals surface area contributed by atoms with Gasteiger partial charge in [0.2, 0.25) is 5.88 Å². The number of hydrogen-bond donors (Lipinski definition) is 1. The highest BCUT2D eigenvalue weighted by Crippen LogP contribution is 1.96. The minimum Gasteiger partial charge on any atom is -0.478 e. The molecule has 4 heteroatoms. The van der Waals surface area contributed by atoms with Crippen molar-refractivity contribution < 1.29 is 14.4 Å². The summed E-state index contributed by atoms with van der Waals surface area (Å²) in [4.78, 5) is 15.7. The molecule has 78 valence electrons. The Morgan fingerprint density at radius 3 is 2.64 bits per heavy atom. The minimum absolute atomic E-state index is 0.189. The molecule has 0 bridgehead atoms. The fraction of sp³-hybridized carbons (Fsp3) is 0.300. The van der Waals surface area contributed by atoms with Crippen molar-refractivity contribution in [3.05, 3.63) is 36.8 Å². The molecule has 0 aliphatic heterocycles. The number of ether oxygens (including phenoxy) is 1. The van der Waals surface area contributed by atoms with Gasteiger partial charge in [-0.1, -0.05) is 18.7 Å². The Morgan fingerprint density at radius 1 is 1.50 bits per heavy atom. The second-order valence-electron chi connectivity index (χ2n) is 2.37. The van der Waals surface area contributed by atoms with Gasteiger partial charge in [0.1, 0.15) is 0 Å². The number of carbonyl (C=O) groups is 1. The molecule has 0 fully saturated rings. The van der Waals surface area contributed by atoms with Gasteiger partial charge in [0.05, 0.1) is 12.2 Å². The molecule has 0 atom stereocenters. The summed E-state index contributed by atoms with van der Waals surface area (Å²) in [5, 5.41) is 0. The lowest BCUT2D eigenvalue weighted by atomic mass is 10.3. The van der Waals surface area contributed by atoms with Crippen LogP contribution < -0.4 is 5.48 Å². The van der Waals surface area contributed by atoms with Crippen molar-refractivity contribution >= 4 is 5.97 Å². The molecule has 0 aromatic heterocycles. The monoisotopic (exact) mass is 197 g/mol. The lowest BCUT2D eigenvalue weighted by Gasteiger charge is -2.08. The zero-order chi connectivity index (χ0) is 11.0. The van der Waals surface area contributed by atoms with Crippen LogP contribution in [-0.4, -0.2) is 12.6 Å². The van der Waals surface area contributed by atoms with Crippen molar-refractivity contribution in [2.24, 2.45) is 0 Å². The number of carbonyl (C=O) groups excluding carboxylic acids is 1. The summed E-state index contributed by atoms with van der Waals surface area (Å²) >= 11 is 0. The van der Waals surface area contributed by atoms with E-state index in [-0.39, 0.29) is 11.5 Å². The fourth-order valence-corrected chi connectivity index (χ4v) is 0.642. The molecule has 0 aliphatic carbocycles. The highest BCUT2D eigenvalue weighted by Gasteiger charge is 2.05. The normalized spacial score (nSPS) is 9.57. The van der Waals surface area contributed by atoms with E-state index in [0.717, 1.165) is 0 Å². The third kappa shape index (κ3) is 5.03. The largest absolute Gasteiger partial charge is 0.478 e. The lowest BCUT2D eigenvalue weighted by Crippen LogP contribution is -2.20. The van der Waals surface area contributed by atoms with E-state index in [1.807, 2.05) is 0 Å². The highest BCUT2D eigenvalue weighted by molar-refractivity contribution is 5.90. The van der Waals surface area contributed by atoms with Crippen molar-refractivity contribution in [1.82, 2.24) is 5.48 Å². The Balaban J connectivity index is 3.85. The Kier molecular flexibility index (Phi) is 5.94. The second-order valence-corrected chi connectivity index (χ2v) is 2.37. The summed E-state index contributed by atoms with van der Waals surface area (Å²) in [7, 11) is 0. The standard InChI is InChI=1S/C10H15NO3/c1-5-7-8(3)10(12)14-11-9(4)13-6-2/h5,7,11H,3-4,6H2,1-2H3. The van der Waals surface area contributed by atoms with Gasteiger partial charge in [-0.2, -0.15) is 5.48 Å². The van der Waals surface area contributed by atoms with E-state index < -0.39 is 5.97 Å². The SMILES string of the molecule is C=C(NOC(=O)C(=C)C=CC)OCC. The van der Waals surface area contributed by atoms with Crippen molar-refractivity contribution in [2.75, 3.05) is 6.61 Å². The molecule has 0 radical (unpaired) electrons. The molecular formula is C10H15NO3. The molecule has 0 saturated heterocycles. The molecule has 1 N–H and O–H groups in total. The Bertz CT molecular complexity index is 256. The number of nitrogens with one attached hydrogen (secondary N) is 1. The van der Waals surface area contributed by atoms with Gasteiger partial charge in [-0.15, -0.1) is 0 Å². The van der Waals surface area contributed by atoms with E-state index in [1.165, 1.54) is 0 Å². The smallest absolute Gasteiger partial charge is 0.362 e. The van der Waals surface area contributed by atoms with Crippen LogP contribution in [0.25, 0.3) is 0 Å². The summed E-state index contributed by atoms with van der Waals surface area (Å²) in [5.41, 5.74) is 2.52. The molecule has 0 saturated carbocycles. The molecule has 0 aromatic carbocycles. The number of hydroxylamine groups is 1. The maximum Gasteiger partial charge on any atom is 0.362 e. The summed E-state index contributed by atoms with van der Waals surface area (Å²) in [6, 6.07) is 0. The third-order valence-corrected chi connectivity index (χ3v) is 1.21. The first-order valence-electron chi connectivity index (χ1n) is 4.22. The molecule has 14 heavy (non-hydrogen) atoms. The Morgan fingerprint density at radius 2 is 2.14 bits per heavy atom. The Hall–Kier alpha value is -1.71. The van der Waals surface area contributed by atoms with Crippen molar-refractivity contribution in [3.8, 4) is 0 Å². The molecule has 0 aromatic rings. The zero-order valence-corrected chi connectivity index (χ0v) is 8.50. The van der Waals surface area contributed by atoms with Gasteiger partial charge in [0, 0.05) is 0 Å². The van der Waals surface area contributed by atoms with E-state index in [2.05, 4.69) is 23.5 Å². The van der Waals surface area contributed by atoms with E-state index in [4.69, 9.17) is 4.74 Å². The van der Waals surface area contributed by atoms with E-state index in [9.17, 15) is 4.79 Å². The van der Waals surface area contributed by atoms with Gasteiger partial charge in [0.25, 0.3) is 0 Å². The average molecular weight is 197 g/mol. The van der Waals surface area contributed by atoms with E-state index in [0.29, 0.717) is 6.61 Å². The molecule has 0 aliphatic rings. The molecule has 0 unspecified atom stereocenters. The molecule has 0 rings (SSSR count). The van der Waals surface area contributed by atoms with Crippen LogP contribution in [0.3, 0.4) is 0 Å². The van der Waals surface area contributed by atoms with E-state index in [1.54, 1.807) is 26.0 Å². The summed E-state index contributed by atoms with van der Waals surface area (Å²) < 4.78 is 4.90. The quantitative estimate of drug-likeness (QED) is 0.304. The van der Waals surface area contributed by atoms with Crippen LogP contribution >= 0.6 is 0 Å². The van der Waals surface area contributed by atoms with Crippen molar-refractivity contribution in [3.63, 3.8) is 0 Å². The zero-order valence-electron chi connectivity index (χ0n) is 8.50. The summed E-state index contributed by atoms with van der Waals surface area (Å²) in [5.74, 6) is -0.377. The first kappa shape index (κ1) is 12.3. The van der Waals surface area contributed by atoms with Crippen LogP contribution in [0.5, 0.6) is 0 Å². The van der Waals surface area contributed by atoms with Gasteiger partial charge in [-0.05, 0) is 20.4 Å². The van der Waals surface area contributed by atoms with Crippen LogP contribution in [0.4, 0.5) is 0 Å². The number of rotatable bonds is 6. The molecule has 4 nitrogen and oxygen atoms in total. The molecular weight excluding hydrogens is 182 g/mol. The first-order chi connectivity index (χ1) is 6.61. The highest BCUT2D eigenvalue weighted by atomic mass is 16.7. The van der Waals surface area contributed by atoms with Crippen LogP contribution in [-0.2, 0) is 14.4 Å². The topological polar surface area (TPSA) is 47.6 Å². The predicted octanol–water partition coefficient (Wildman–Crippen LogP) is 1.67. The van der Waals surface area contributed by atoms with Crippen molar-refractivity contribution in [2.45, 2.75) is 13.8 Å². The van der Waals surface area contributed by atoms with Gasteiger partial charge < -0.3 is 9.57 Å². The number of hydrogen-bond acceptors (Lipinski definition) is 4. The summed E-state index contributed by atoms with van der Waals surface area (Å²) in [6.07, 6.45) is 3.24. The second kappa shape index (κ2) is 6.77. The van der Waals surface area contributed by atoms with Crippen LogP contribution in [0.15, 0.2) is 36.8 Å².